The van der Waals surface area contributed by atoms with E-state index in [2.05, 4.69) is 0 Å². The molecule has 0 aromatic carbocycles. The maximum atomic E-state index is 8.57. The van der Waals surface area contributed by atoms with Crippen molar-refractivity contribution in [3.05, 3.63) is 0 Å². The molecule has 13 heavy (non-hydrogen) atoms. The summed E-state index contributed by atoms with van der Waals surface area (Å²) >= 11 is -12.0. The van der Waals surface area contributed by atoms with Crippen LogP contribution in [0.3, 0.4) is 0 Å². The Morgan fingerprint density at radius 3 is 0.385 bits per heavy atom. The normalized spacial score (nSPS) is 8.31. The van der Waals surface area contributed by atoms with Gasteiger partial charge in [-0.2, -0.15) is 0 Å². The van der Waals surface area contributed by atoms with Gasteiger partial charge in [-0.05, 0) is 0 Å². The molecule has 0 atom stereocenters. The molecule has 0 unspecified atom stereocenters. The van der Waals surface area contributed by atoms with E-state index in [1.807, 2.05) is 0 Å². The van der Waals surface area contributed by atoms with E-state index >= 15 is 0 Å². The number of hydrogen-bond acceptors (Lipinski definition) is 9. The summed E-state index contributed by atoms with van der Waals surface area (Å²) in [5.41, 5.74) is 0. The summed E-state index contributed by atoms with van der Waals surface area (Å²) in [5.74, 6) is 0. The Labute approximate surface area is 127 Å². The van der Waals surface area contributed by atoms with Crippen LogP contribution in [0.5, 0.6) is 0 Å². The summed E-state index contributed by atoms with van der Waals surface area (Å²) < 4.78 is 77.2. The molecule has 0 saturated carbocycles. The summed E-state index contributed by atoms with van der Waals surface area (Å²) in [6.45, 7) is 0. The van der Waals surface area contributed by atoms with Crippen LogP contribution in [0.1, 0.15) is 0 Å². The number of rotatable bonds is 0. The summed E-state index contributed by atoms with van der Waals surface area (Å²) in [7, 11) is 0. The van der Waals surface area contributed by atoms with Crippen LogP contribution in [0.2, 0.25) is 0 Å². The monoisotopic (exact) mass is 664 g/mol. The zero-order valence-electron chi connectivity index (χ0n) is 5.39. The van der Waals surface area contributed by atoms with Crippen LogP contribution in [0.25, 0.3) is 0 Å². The fraction of sp³-hybridized carbons (Fsp3) is 0. The van der Waals surface area contributed by atoms with Crippen molar-refractivity contribution in [3.8, 4) is 0 Å². The maximum absolute atomic E-state index is 8.57. The van der Waals surface area contributed by atoms with Gasteiger partial charge in [0, 0.05) is 0 Å². The average Bonchev–Trinajstić information content (AvgIpc) is 1.54. The summed E-state index contributed by atoms with van der Waals surface area (Å²) in [6.07, 6.45) is 0. The van der Waals surface area contributed by atoms with E-state index in [0.29, 0.717) is 0 Å². The quantitative estimate of drug-likeness (QED) is 0.225. The maximum Gasteiger partial charge on any atom is 3.00 e. The fourth-order valence-corrected chi connectivity index (χ4v) is 0. The second-order valence-corrected chi connectivity index (χ2v) is 3.80. The van der Waals surface area contributed by atoms with Gasteiger partial charge in [-0.3, -0.25) is 0 Å². The van der Waals surface area contributed by atoms with E-state index in [9.17, 15) is 0 Å². The molecule has 0 fully saturated rings. The van der Waals surface area contributed by atoms with E-state index in [1.54, 1.807) is 0 Å². The Kier molecular flexibility index (Phi) is 39.3. The van der Waals surface area contributed by atoms with Crippen molar-refractivity contribution in [1.29, 1.82) is 0 Å². The Morgan fingerprint density at radius 1 is 0.385 bits per heavy atom. The van der Waals surface area contributed by atoms with Gasteiger partial charge in [0.15, 0.2) is 0 Å². The van der Waals surface area contributed by atoms with E-state index in [1.165, 1.54) is 0 Å². The van der Waals surface area contributed by atoms with Crippen LogP contribution in [0.15, 0.2) is 0 Å². The molecule has 0 heterocycles. The molecule has 0 rings (SSSR count). The zero-order valence-corrected chi connectivity index (χ0v) is 15.5. The molecular formula is I3LaO9. The summed E-state index contributed by atoms with van der Waals surface area (Å²) in [6, 6.07) is 0. The van der Waals surface area contributed by atoms with Gasteiger partial charge in [-0.25, -0.2) is 0 Å². The summed E-state index contributed by atoms with van der Waals surface area (Å²) in [4.78, 5) is 0. The SMILES string of the molecule is [La+3].[O-][I+2]([O-])[O-].[O-][I+2]([O-])[O-].[O-][I+2]([O-])[O-]. The van der Waals surface area contributed by atoms with Crippen molar-refractivity contribution >= 4 is 0 Å². The van der Waals surface area contributed by atoms with Crippen molar-refractivity contribution in [2.24, 2.45) is 0 Å². The van der Waals surface area contributed by atoms with Gasteiger partial charge in [0.25, 0.3) is 63.2 Å². The largest absolute Gasteiger partial charge is 3.00 e. The molecular weight excluding hydrogens is 664 g/mol. The van der Waals surface area contributed by atoms with Gasteiger partial charge >= 0.3 is 35.6 Å². The van der Waals surface area contributed by atoms with Gasteiger partial charge in [-0.1, -0.05) is 0 Å². The van der Waals surface area contributed by atoms with Crippen LogP contribution in [0.4, 0.5) is 0 Å². The Morgan fingerprint density at radius 2 is 0.385 bits per heavy atom. The first kappa shape index (κ1) is 25.0. The number of hydrogen-bond donors (Lipinski definition) is 0. The fourth-order valence-electron chi connectivity index (χ4n) is 0. The molecule has 0 amide bonds. The molecule has 0 aliphatic rings. The Hall–Kier alpha value is 3.02. The van der Waals surface area contributed by atoms with Gasteiger partial charge in [-0.15, -0.1) is 0 Å². The molecule has 0 aliphatic heterocycles. The van der Waals surface area contributed by atoms with Gasteiger partial charge in [0.2, 0.25) is 0 Å². The first-order valence-electron chi connectivity index (χ1n) is 1.39. The molecule has 13 heteroatoms. The average molecular weight is 664 g/mol. The molecule has 0 N–H and O–H groups in total. The Balaban J connectivity index is -0.0000000450. The van der Waals surface area contributed by atoms with Crippen LogP contribution in [0, 0.1) is 35.6 Å². The molecule has 0 aromatic heterocycles. The topological polar surface area (TPSA) is 208 Å². The molecule has 0 bridgehead atoms. The second-order valence-electron chi connectivity index (χ2n) is 0.567. The molecule has 9 nitrogen and oxygen atoms in total. The predicted molar refractivity (Wildman–Crippen MR) is 0 cm³/mol. The minimum atomic E-state index is -4.01. The first-order valence-corrected chi connectivity index (χ1v) is 9.32. The zero-order chi connectivity index (χ0) is 10.7. The van der Waals surface area contributed by atoms with E-state index in [4.69, 9.17) is 30.9 Å². The first-order chi connectivity index (χ1) is 5.20. The smallest absolute Gasteiger partial charge is 0.427 e. The molecule has 0 saturated heterocycles. The van der Waals surface area contributed by atoms with Crippen molar-refractivity contribution < 1.29 is 130 Å². The standard InChI is InChI=1S/3IO3.La/c3*2-1(3)4;/q3*-1;+3. The van der Waals surface area contributed by atoms with E-state index < -0.39 is 63.2 Å². The van der Waals surface area contributed by atoms with Crippen molar-refractivity contribution in [2.75, 3.05) is 0 Å². The minimum absolute atomic E-state index is 0. The van der Waals surface area contributed by atoms with Gasteiger partial charge in [0.05, 0.1) is 0 Å². The van der Waals surface area contributed by atoms with Crippen LogP contribution >= 0.6 is 0 Å². The Bertz CT molecular complexity index is 43.4. The van der Waals surface area contributed by atoms with Gasteiger partial charge < -0.3 is 30.9 Å². The number of halogens is 3. The predicted octanol–water partition coefficient (Wildman–Crippen LogP) is -19.7. The third-order valence-electron chi connectivity index (χ3n) is 0. The second kappa shape index (κ2) is 20.4. The molecule has 0 aromatic rings. The molecule has 78 valence electrons. The van der Waals surface area contributed by atoms with Crippen LogP contribution in [-0.4, -0.2) is 0 Å². The van der Waals surface area contributed by atoms with Crippen molar-refractivity contribution in [3.63, 3.8) is 0 Å². The molecule has 0 spiro atoms. The minimum Gasteiger partial charge on any atom is -0.427 e. The molecule has 0 radical (unpaired) electrons. The van der Waals surface area contributed by atoms with E-state index in [0.717, 1.165) is 0 Å². The van der Waals surface area contributed by atoms with Crippen molar-refractivity contribution in [2.45, 2.75) is 0 Å². The summed E-state index contributed by atoms with van der Waals surface area (Å²) in [5, 5.41) is 0. The van der Waals surface area contributed by atoms with E-state index in [-0.39, 0.29) is 35.6 Å². The van der Waals surface area contributed by atoms with Gasteiger partial charge in [0.1, 0.15) is 0 Å². The third-order valence-corrected chi connectivity index (χ3v) is 0. The van der Waals surface area contributed by atoms with Crippen LogP contribution in [-0.2, 0) is 0 Å². The van der Waals surface area contributed by atoms with Crippen molar-refractivity contribution in [1.82, 2.24) is 0 Å². The third kappa shape index (κ3) is 279. The molecule has 0 aliphatic carbocycles. The van der Waals surface area contributed by atoms with Crippen LogP contribution < -0.4 is 94.1 Å².